The van der Waals surface area contributed by atoms with E-state index in [2.05, 4.69) is 9.97 Å². The highest BCUT2D eigenvalue weighted by molar-refractivity contribution is 5.87. The van der Waals surface area contributed by atoms with Crippen molar-refractivity contribution in [2.75, 3.05) is 13.1 Å². The first-order chi connectivity index (χ1) is 9.45. The second kappa shape index (κ2) is 4.50. The van der Waals surface area contributed by atoms with Crippen molar-refractivity contribution in [3.63, 3.8) is 0 Å². The minimum atomic E-state index is -4.21. The van der Waals surface area contributed by atoms with Crippen molar-refractivity contribution < 1.29 is 18.0 Å². The molecule has 0 atom stereocenters. The third-order valence-electron chi connectivity index (χ3n) is 3.58. The molecule has 0 saturated carbocycles. The number of nitrogens with zero attached hydrogens (tertiary/aromatic N) is 2. The Morgan fingerprint density at radius 3 is 2.90 bits per heavy atom. The van der Waals surface area contributed by atoms with Gasteiger partial charge in [0.1, 0.15) is 5.65 Å². The molecule has 0 aromatic carbocycles. The van der Waals surface area contributed by atoms with Gasteiger partial charge in [0.15, 0.2) is 0 Å². The van der Waals surface area contributed by atoms with Crippen LogP contribution < -0.4 is 0 Å². The molecule has 3 heterocycles. The van der Waals surface area contributed by atoms with Crippen LogP contribution in [0.5, 0.6) is 0 Å². The Morgan fingerprint density at radius 2 is 2.20 bits per heavy atom. The van der Waals surface area contributed by atoms with Crippen molar-refractivity contribution >= 4 is 16.9 Å². The highest BCUT2D eigenvalue weighted by Crippen LogP contribution is 2.33. The number of aromatic amines is 1. The maximum absolute atomic E-state index is 12.4. The van der Waals surface area contributed by atoms with Gasteiger partial charge in [0.2, 0.25) is 5.91 Å². The first-order valence-corrected chi connectivity index (χ1v) is 6.20. The van der Waals surface area contributed by atoms with Crippen molar-refractivity contribution in [1.82, 2.24) is 14.9 Å². The summed E-state index contributed by atoms with van der Waals surface area (Å²) in [6.07, 6.45) is -0.803. The van der Waals surface area contributed by atoms with Crippen LogP contribution in [0.25, 0.3) is 11.0 Å². The van der Waals surface area contributed by atoms with Gasteiger partial charge in [-0.3, -0.25) is 4.79 Å². The Balaban J connectivity index is 1.66. The summed E-state index contributed by atoms with van der Waals surface area (Å²) in [4.78, 5) is 20.2. The van der Waals surface area contributed by atoms with Gasteiger partial charge in [-0.2, -0.15) is 13.2 Å². The first kappa shape index (κ1) is 13.0. The lowest BCUT2D eigenvalue weighted by Gasteiger charge is -2.40. The molecule has 0 aliphatic carbocycles. The van der Waals surface area contributed by atoms with Gasteiger partial charge in [-0.25, -0.2) is 4.98 Å². The number of likely N-dealkylation sites (tertiary alicyclic amines) is 1. The molecule has 1 fully saturated rings. The monoisotopic (exact) mass is 283 g/mol. The highest BCUT2D eigenvalue weighted by Gasteiger charge is 2.48. The average molecular weight is 283 g/mol. The van der Waals surface area contributed by atoms with Gasteiger partial charge < -0.3 is 9.88 Å². The second-order valence-electron chi connectivity index (χ2n) is 4.93. The van der Waals surface area contributed by atoms with Crippen LogP contribution in [0.4, 0.5) is 13.2 Å². The lowest BCUT2D eigenvalue weighted by molar-refractivity contribution is -0.209. The molecule has 4 nitrogen and oxygen atoms in total. The molecule has 1 N–H and O–H groups in total. The van der Waals surface area contributed by atoms with Crippen molar-refractivity contribution in [1.29, 1.82) is 0 Å². The first-order valence-electron chi connectivity index (χ1n) is 6.20. The van der Waals surface area contributed by atoms with Crippen molar-refractivity contribution in [2.45, 2.75) is 12.6 Å². The summed E-state index contributed by atoms with van der Waals surface area (Å²) in [5, 5.41) is 0.828. The van der Waals surface area contributed by atoms with Crippen LogP contribution in [0, 0.1) is 5.92 Å². The van der Waals surface area contributed by atoms with Crippen LogP contribution in [-0.4, -0.2) is 40.0 Å². The average Bonchev–Trinajstić information content (AvgIpc) is 2.69. The predicted octanol–water partition coefficient (Wildman–Crippen LogP) is 2.13. The topological polar surface area (TPSA) is 49.0 Å². The van der Waals surface area contributed by atoms with Gasteiger partial charge in [0.05, 0.1) is 12.3 Å². The zero-order valence-corrected chi connectivity index (χ0v) is 10.4. The van der Waals surface area contributed by atoms with Crippen LogP contribution in [0.1, 0.15) is 5.56 Å². The normalized spacial score (nSPS) is 16.4. The molecular weight excluding hydrogens is 271 g/mol. The molecule has 106 valence electrons. The molecule has 1 aliphatic rings. The van der Waals surface area contributed by atoms with Crippen molar-refractivity contribution in [3.8, 4) is 0 Å². The molecule has 20 heavy (non-hydrogen) atoms. The van der Waals surface area contributed by atoms with Gasteiger partial charge in [0.25, 0.3) is 0 Å². The van der Waals surface area contributed by atoms with Crippen LogP contribution in [0.15, 0.2) is 24.5 Å². The van der Waals surface area contributed by atoms with E-state index in [9.17, 15) is 18.0 Å². The largest absolute Gasteiger partial charge is 0.395 e. The zero-order chi connectivity index (χ0) is 14.3. The quantitative estimate of drug-likeness (QED) is 0.918. The van der Waals surface area contributed by atoms with E-state index in [0.29, 0.717) is 5.65 Å². The third-order valence-corrected chi connectivity index (χ3v) is 3.58. The summed E-state index contributed by atoms with van der Waals surface area (Å²) in [5.74, 6) is -1.66. The van der Waals surface area contributed by atoms with E-state index in [4.69, 9.17) is 0 Å². The Labute approximate surface area is 112 Å². The molecule has 1 amide bonds. The fourth-order valence-electron chi connectivity index (χ4n) is 2.32. The van der Waals surface area contributed by atoms with Gasteiger partial charge >= 0.3 is 6.18 Å². The van der Waals surface area contributed by atoms with E-state index < -0.39 is 12.1 Å². The van der Waals surface area contributed by atoms with Gasteiger partial charge in [-0.15, -0.1) is 0 Å². The van der Waals surface area contributed by atoms with E-state index >= 15 is 0 Å². The molecule has 1 saturated heterocycles. The van der Waals surface area contributed by atoms with E-state index in [0.717, 1.165) is 10.9 Å². The molecule has 0 radical (unpaired) electrons. The van der Waals surface area contributed by atoms with Crippen LogP contribution >= 0.6 is 0 Å². The predicted molar refractivity (Wildman–Crippen MR) is 65.9 cm³/mol. The Morgan fingerprint density at radius 1 is 1.45 bits per heavy atom. The molecule has 0 spiro atoms. The number of rotatable bonds is 2. The number of H-pyrrole nitrogens is 1. The summed E-state index contributed by atoms with van der Waals surface area (Å²) in [5.41, 5.74) is 1.43. The Kier molecular flexibility index (Phi) is 2.92. The number of nitrogens with one attached hydrogen (secondary N) is 1. The molecule has 3 rings (SSSR count). The Hall–Kier alpha value is -2.05. The summed E-state index contributed by atoms with van der Waals surface area (Å²) < 4.78 is 37.1. The molecule has 1 aliphatic heterocycles. The number of hydrogen-bond acceptors (Lipinski definition) is 2. The smallest absolute Gasteiger partial charge is 0.346 e. The Bertz CT molecular complexity index is 644. The molecule has 0 unspecified atom stereocenters. The summed E-state index contributed by atoms with van der Waals surface area (Å²) in [7, 11) is 0. The summed E-state index contributed by atoms with van der Waals surface area (Å²) in [6.45, 7) is -0.466. The number of carbonyl (C=O) groups excluding carboxylic acids is 1. The molecule has 2 aromatic heterocycles. The SMILES string of the molecule is O=C(Cc1c[nH]c2ncccc12)N1CC(C(F)(F)F)C1. The van der Waals surface area contributed by atoms with Crippen molar-refractivity contribution in [3.05, 3.63) is 30.1 Å². The van der Waals surface area contributed by atoms with Gasteiger partial charge in [-0.05, 0) is 17.7 Å². The van der Waals surface area contributed by atoms with Crippen LogP contribution in [0.2, 0.25) is 0 Å². The lowest BCUT2D eigenvalue weighted by Crippen LogP contribution is -2.55. The number of aromatic nitrogens is 2. The second-order valence-corrected chi connectivity index (χ2v) is 4.93. The minimum absolute atomic E-state index is 0.0935. The summed E-state index contributed by atoms with van der Waals surface area (Å²) in [6, 6.07) is 3.59. The number of hydrogen-bond donors (Lipinski definition) is 1. The summed E-state index contributed by atoms with van der Waals surface area (Å²) >= 11 is 0. The molecule has 0 bridgehead atoms. The number of amides is 1. The number of carbonyl (C=O) groups is 1. The van der Waals surface area contributed by atoms with Gasteiger partial charge in [-0.1, -0.05) is 0 Å². The third kappa shape index (κ3) is 2.23. The standard InChI is InChI=1S/C13H12F3N3O/c14-13(15,16)9-6-19(7-9)11(20)4-8-5-18-12-10(8)2-1-3-17-12/h1-3,5,9H,4,6-7H2,(H,17,18). The van der Waals surface area contributed by atoms with Crippen LogP contribution in [-0.2, 0) is 11.2 Å². The lowest BCUT2D eigenvalue weighted by atomic mass is 9.98. The number of alkyl halides is 3. The maximum atomic E-state index is 12.4. The minimum Gasteiger partial charge on any atom is -0.346 e. The molecular formula is C13H12F3N3O. The highest BCUT2D eigenvalue weighted by atomic mass is 19.4. The number of halogens is 3. The number of fused-ring (bicyclic) bond motifs is 1. The zero-order valence-electron chi connectivity index (χ0n) is 10.4. The fourth-order valence-corrected chi connectivity index (χ4v) is 2.32. The molecule has 7 heteroatoms. The number of pyridine rings is 1. The van der Waals surface area contributed by atoms with Crippen molar-refractivity contribution in [2.24, 2.45) is 5.92 Å². The van der Waals surface area contributed by atoms with E-state index in [-0.39, 0.29) is 25.4 Å². The van der Waals surface area contributed by atoms with Gasteiger partial charge in [0, 0.05) is 30.9 Å². The maximum Gasteiger partial charge on any atom is 0.395 e. The van der Waals surface area contributed by atoms with Crippen LogP contribution in [0.3, 0.4) is 0 Å². The molecule has 2 aromatic rings. The van der Waals surface area contributed by atoms with E-state index in [1.807, 2.05) is 6.07 Å². The van der Waals surface area contributed by atoms with E-state index in [1.54, 1.807) is 18.5 Å². The van der Waals surface area contributed by atoms with E-state index in [1.165, 1.54) is 4.90 Å². The fraction of sp³-hybridized carbons (Fsp3) is 0.385.